The topological polar surface area (TPSA) is 94.8 Å². The number of carbonyl (C=O) groups excluding carboxylic acids is 1. The Balaban J connectivity index is 1.49. The lowest BCUT2D eigenvalue weighted by atomic mass is 9.97. The number of nitrogens with one attached hydrogen (secondary N) is 1. The number of fused-ring (bicyclic) bond motifs is 3. The summed E-state index contributed by atoms with van der Waals surface area (Å²) in [5, 5.41) is 4.71. The van der Waals surface area contributed by atoms with Gasteiger partial charge in [0.1, 0.15) is 10.9 Å². The number of benzene rings is 1. The molecule has 0 saturated carbocycles. The molecule has 0 spiro atoms. The van der Waals surface area contributed by atoms with Crippen molar-refractivity contribution in [2.45, 2.75) is 58.6 Å². The van der Waals surface area contributed by atoms with Crippen LogP contribution in [0.25, 0.3) is 10.2 Å². The third-order valence-electron chi connectivity index (χ3n) is 5.64. The Bertz CT molecular complexity index is 1260. The summed E-state index contributed by atoms with van der Waals surface area (Å²) in [5.74, 6) is 0.822. The fourth-order valence-electron chi connectivity index (χ4n) is 3.94. The number of hydrazone groups is 1. The fourth-order valence-corrected chi connectivity index (χ4v) is 5.16. The van der Waals surface area contributed by atoms with Crippen molar-refractivity contribution in [2.75, 3.05) is 7.11 Å². The molecule has 3 aromatic rings. The van der Waals surface area contributed by atoms with E-state index in [1.807, 2.05) is 19.9 Å². The van der Waals surface area contributed by atoms with Crippen molar-refractivity contribution < 1.29 is 14.3 Å². The zero-order valence-corrected chi connectivity index (χ0v) is 20.1. The van der Waals surface area contributed by atoms with E-state index in [0.717, 1.165) is 41.6 Å². The molecule has 1 amide bonds. The first-order valence-corrected chi connectivity index (χ1v) is 11.9. The molecule has 0 fully saturated rings. The highest BCUT2D eigenvalue weighted by atomic mass is 32.1. The fraction of sp³-hybridized carbons (Fsp3) is 0.417. The molecule has 4 rings (SSSR count). The van der Waals surface area contributed by atoms with Crippen LogP contribution in [0.2, 0.25) is 0 Å². The minimum Gasteiger partial charge on any atom is -0.493 e. The van der Waals surface area contributed by atoms with Crippen molar-refractivity contribution in [3.05, 3.63) is 50.9 Å². The zero-order valence-electron chi connectivity index (χ0n) is 19.3. The molecule has 33 heavy (non-hydrogen) atoms. The molecular weight excluding hydrogens is 440 g/mol. The van der Waals surface area contributed by atoms with E-state index in [0.29, 0.717) is 16.9 Å². The maximum Gasteiger partial charge on any atom is 0.263 e. The molecule has 1 unspecified atom stereocenters. The van der Waals surface area contributed by atoms with Gasteiger partial charge in [-0.1, -0.05) is 0 Å². The van der Waals surface area contributed by atoms with Crippen molar-refractivity contribution >= 4 is 33.7 Å². The van der Waals surface area contributed by atoms with Crippen LogP contribution < -0.4 is 20.5 Å². The van der Waals surface area contributed by atoms with Gasteiger partial charge in [-0.3, -0.25) is 14.2 Å². The Morgan fingerprint density at radius 1 is 1.24 bits per heavy atom. The number of hydrogen-bond donors (Lipinski definition) is 1. The average Bonchev–Trinajstić information content (AvgIpc) is 3.18. The molecule has 1 aromatic carbocycles. The Hall–Kier alpha value is -3.20. The number of methoxy groups -OCH3 is 1. The SMILES string of the molecule is COc1cc(C=NNC(=O)C(C)n2cnc3sc4c(c3c2=O)CCCC4)ccc1OC(C)C. The van der Waals surface area contributed by atoms with E-state index in [1.54, 1.807) is 37.5 Å². The molecule has 1 aliphatic rings. The molecule has 0 aliphatic heterocycles. The molecule has 2 aromatic heterocycles. The highest BCUT2D eigenvalue weighted by Crippen LogP contribution is 2.33. The second kappa shape index (κ2) is 9.74. The van der Waals surface area contributed by atoms with Gasteiger partial charge in [-0.25, -0.2) is 10.4 Å². The molecule has 8 nitrogen and oxygen atoms in total. The van der Waals surface area contributed by atoms with Crippen LogP contribution in [0.3, 0.4) is 0 Å². The van der Waals surface area contributed by atoms with Gasteiger partial charge >= 0.3 is 0 Å². The van der Waals surface area contributed by atoms with Crippen LogP contribution in [-0.2, 0) is 17.6 Å². The van der Waals surface area contributed by atoms with E-state index < -0.39 is 11.9 Å². The van der Waals surface area contributed by atoms with Gasteiger partial charge in [0.2, 0.25) is 0 Å². The van der Waals surface area contributed by atoms with Gasteiger partial charge in [0, 0.05) is 4.88 Å². The van der Waals surface area contributed by atoms with Gasteiger partial charge in [-0.05, 0) is 75.8 Å². The van der Waals surface area contributed by atoms with Crippen LogP contribution in [0.4, 0.5) is 0 Å². The van der Waals surface area contributed by atoms with Crippen molar-refractivity contribution in [3.63, 3.8) is 0 Å². The lowest BCUT2D eigenvalue weighted by Gasteiger charge is -2.14. The van der Waals surface area contributed by atoms with Crippen molar-refractivity contribution in [1.82, 2.24) is 15.0 Å². The van der Waals surface area contributed by atoms with Crippen molar-refractivity contribution in [3.8, 4) is 11.5 Å². The Morgan fingerprint density at radius 3 is 2.79 bits per heavy atom. The van der Waals surface area contributed by atoms with E-state index >= 15 is 0 Å². The normalized spacial score (nSPS) is 14.5. The van der Waals surface area contributed by atoms with Crippen molar-refractivity contribution in [1.29, 1.82) is 0 Å². The van der Waals surface area contributed by atoms with Crippen LogP contribution >= 0.6 is 11.3 Å². The van der Waals surface area contributed by atoms with Gasteiger partial charge in [-0.15, -0.1) is 11.3 Å². The number of nitrogens with zero attached hydrogens (tertiary/aromatic N) is 3. The maximum atomic E-state index is 13.2. The second-order valence-corrected chi connectivity index (χ2v) is 9.42. The molecule has 1 N–H and O–H groups in total. The van der Waals surface area contributed by atoms with Gasteiger partial charge in [-0.2, -0.15) is 5.10 Å². The molecule has 9 heteroatoms. The van der Waals surface area contributed by atoms with Gasteiger partial charge in [0.15, 0.2) is 11.5 Å². The summed E-state index contributed by atoms with van der Waals surface area (Å²) in [6, 6.07) is 4.65. The maximum absolute atomic E-state index is 13.2. The second-order valence-electron chi connectivity index (χ2n) is 8.34. The van der Waals surface area contributed by atoms with E-state index in [9.17, 15) is 9.59 Å². The number of thiophene rings is 1. The van der Waals surface area contributed by atoms with Gasteiger partial charge < -0.3 is 9.47 Å². The Morgan fingerprint density at radius 2 is 2.03 bits per heavy atom. The first-order chi connectivity index (χ1) is 15.9. The van der Waals surface area contributed by atoms with Crippen LogP contribution in [0, 0.1) is 0 Å². The standard InChI is InChI=1S/C24H28N4O4S/c1-14(2)32-18-10-9-16(11-19(18)31-4)12-26-27-22(29)15(3)28-13-25-23-21(24(28)30)17-7-5-6-8-20(17)33-23/h9-15H,5-8H2,1-4H3,(H,27,29). The van der Waals surface area contributed by atoms with Crippen LogP contribution in [-0.4, -0.2) is 34.9 Å². The lowest BCUT2D eigenvalue weighted by molar-refractivity contribution is -0.123. The minimum absolute atomic E-state index is 0.0240. The van der Waals surface area contributed by atoms with Crippen molar-refractivity contribution in [2.24, 2.45) is 5.10 Å². The third kappa shape index (κ3) is 4.78. The zero-order chi connectivity index (χ0) is 23.5. The van der Waals surface area contributed by atoms with Crippen LogP contribution in [0.5, 0.6) is 11.5 Å². The summed E-state index contributed by atoms with van der Waals surface area (Å²) in [6.45, 7) is 5.55. The van der Waals surface area contributed by atoms with E-state index in [2.05, 4.69) is 15.5 Å². The number of aryl methyl sites for hydroxylation is 2. The molecule has 0 bridgehead atoms. The summed E-state index contributed by atoms with van der Waals surface area (Å²) >= 11 is 1.59. The van der Waals surface area contributed by atoms with E-state index in [-0.39, 0.29) is 11.7 Å². The highest BCUT2D eigenvalue weighted by Gasteiger charge is 2.23. The van der Waals surface area contributed by atoms with Crippen LogP contribution in [0.15, 0.2) is 34.4 Å². The minimum atomic E-state index is -0.748. The smallest absolute Gasteiger partial charge is 0.263 e. The summed E-state index contributed by atoms with van der Waals surface area (Å²) in [7, 11) is 1.57. The predicted octanol–water partition coefficient (Wildman–Crippen LogP) is 3.84. The molecule has 0 saturated heterocycles. The molecule has 0 radical (unpaired) electrons. The first-order valence-electron chi connectivity index (χ1n) is 11.1. The molecule has 1 aliphatic carbocycles. The van der Waals surface area contributed by atoms with E-state index in [1.165, 1.54) is 22.0 Å². The predicted molar refractivity (Wildman–Crippen MR) is 130 cm³/mol. The quantitative estimate of drug-likeness (QED) is 0.420. The molecule has 2 heterocycles. The number of rotatable bonds is 7. The molecule has 174 valence electrons. The highest BCUT2D eigenvalue weighted by molar-refractivity contribution is 7.18. The summed E-state index contributed by atoms with van der Waals surface area (Å²) < 4.78 is 12.5. The number of aromatic nitrogens is 2. The monoisotopic (exact) mass is 468 g/mol. The Labute approximate surface area is 196 Å². The van der Waals surface area contributed by atoms with Gasteiger partial charge in [0.25, 0.3) is 11.5 Å². The number of amides is 1. The average molecular weight is 469 g/mol. The Kier molecular flexibility index (Phi) is 6.78. The number of carbonyl (C=O) groups is 1. The van der Waals surface area contributed by atoms with Crippen LogP contribution in [0.1, 0.15) is 55.7 Å². The molecule has 1 atom stereocenters. The summed E-state index contributed by atoms with van der Waals surface area (Å²) in [5.41, 5.74) is 4.19. The van der Waals surface area contributed by atoms with Gasteiger partial charge in [0.05, 0.1) is 31.1 Å². The third-order valence-corrected chi connectivity index (χ3v) is 6.84. The lowest BCUT2D eigenvalue weighted by Crippen LogP contribution is -2.34. The first kappa shape index (κ1) is 23.0. The van der Waals surface area contributed by atoms with E-state index in [4.69, 9.17) is 9.47 Å². The number of ether oxygens (including phenoxy) is 2. The summed E-state index contributed by atoms with van der Waals surface area (Å²) in [4.78, 5) is 32.3. The summed E-state index contributed by atoms with van der Waals surface area (Å²) in [6.07, 6.45) is 7.11. The molecular formula is C24H28N4O4S. The largest absolute Gasteiger partial charge is 0.493 e. The number of hydrogen-bond acceptors (Lipinski definition) is 7.